The van der Waals surface area contributed by atoms with Crippen molar-refractivity contribution in [2.24, 2.45) is 0 Å². The van der Waals surface area contributed by atoms with Crippen molar-refractivity contribution in [1.82, 2.24) is 10.7 Å². The van der Waals surface area contributed by atoms with Gasteiger partial charge in [-0.15, -0.1) is 10.1 Å². The van der Waals surface area contributed by atoms with Crippen molar-refractivity contribution in [2.75, 3.05) is 7.11 Å². The van der Waals surface area contributed by atoms with E-state index in [-0.39, 0.29) is 11.8 Å². The number of hydrazone groups is 1. The van der Waals surface area contributed by atoms with Crippen LogP contribution in [-0.4, -0.2) is 35.9 Å². The highest BCUT2D eigenvalue weighted by Crippen LogP contribution is 2.27. The molecule has 0 bridgehead atoms. The summed E-state index contributed by atoms with van der Waals surface area (Å²) in [5, 5.41) is 3.49. The highest BCUT2D eigenvalue weighted by molar-refractivity contribution is 6.30. The summed E-state index contributed by atoms with van der Waals surface area (Å²) in [6, 6.07) is 20.6. The lowest BCUT2D eigenvalue weighted by molar-refractivity contribution is -0.596. The van der Waals surface area contributed by atoms with Crippen LogP contribution in [0.4, 0.5) is 0 Å². The lowest BCUT2D eigenvalue weighted by atomic mass is 9.99. The normalized spacial score (nSPS) is 19.0. The van der Waals surface area contributed by atoms with Gasteiger partial charge in [0.25, 0.3) is 5.91 Å². The van der Waals surface area contributed by atoms with Gasteiger partial charge in [-0.25, -0.2) is 0 Å². The summed E-state index contributed by atoms with van der Waals surface area (Å²) in [6.07, 6.45) is 1.88. The number of methoxy groups -OCH3 is 1. The van der Waals surface area contributed by atoms with Crippen LogP contribution < -0.4 is 15.5 Å². The lowest BCUT2D eigenvalue weighted by Crippen LogP contribution is -2.42. The number of nitrogens with one attached hydrogen (secondary N) is 2. The van der Waals surface area contributed by atoms with Crippen LogP contribution >= 0.6 is 11.6 Å². The second-order valence-electron chi connectivity index (χ2n) is 7.55. The van der Waals surface area contributed by atoms with Crippen LogP contribution in [0.2, 0.25) is 5.02 Å². The van der Waals surface area contributed by atoms with Gasteiger partial charge in [-0.2, -0.15) is 0 Å². The van der Waals surface area contributed by atoms with E-state index in [1.165, 1.54) is 0 Å². The second kappa shape index (κ2) is 9.24. The Morgan fingerprint density at radius 3 is 2.41 bits per heavy atom. The summed E-state index contributed by atoms with van der Waals surface area (Å²) in [5.41, 5.74) is 6.21. The molecule has 1 saturated heterocycles. The molecule has 3 aromatic rings. The monoisotopic (exact) mass is 448 g/mol. The minimum Gasteiger partial charge on any atom is -0.497 e. The number of rotatable bonds is 5. The Morgan fingerprint density at radius 1 is 1.06 bits per heavy atom. The van der Waals surface area contributed by atoms with Crippen LogP contribution in [-0.2, 0) is 4.79 Å². The molecule has 162 valence electrons. The van der Waals surface area contributed by atoms with Crippen molar-refractivity contribution in [3.63, 3.8) is 0 Å². The Bertz CT molecular complexity index is 1170. The van der Waals surface area contributed by atoms with E-state index in [1.807, 2.05) is 49.5 Å². The minimum absolute atomic E-state index is 0.295. The zero-order valence-electron chi connectivity index (χ0n) is 17.7. The van der Waals surface area contributed by atoms with Gasteiger partial charge in [0.1, 0.15) is 5.75 Å². The van der Waals surface area contributed by atoms with Crippen LogP contribution in [0.3, 0.4) is 0 Å². The first-order valence-electron chi connectivity index (χ1n) is 10.2. The van der Waals surface area contributed by atoms with Crippen molar-refractivity contribution in [2.45, 2.75) is 19.0 Å². The Balaban J connectivity index is 1.69. The molecule has 0 radical (unpaired) electrons. The predicted octanol–water partition coefficient (Wildman–Crippen LogP) is 3.67. The fourth-order valence-electron chi connectivity index (χ4n) is 3.69. The van der Waals surface area contributed by atoms with Crippen LogP contribution in [0, 0.1) is 6.92 Å². The van der Waals surface area contributed by atoms with Crippen molar-refractivity contribution >= 4 is 29.6 Å². The molecule has 1 aliphatic rings. The molecule has 0 unspecified atom stereocenters. The van der Waals surface area contributed by atoms with E-state index >= 15 is 0 Å². The first kappa shape index (κ1) is 21.6. The van der Waals surface area contributed by atoms with Gasteiger partial charge in [0.15, 0.2) is 6.04 Å². The first-order valence-corrected chi connectivity index (χ1v) is 10.5. The number of carbonyl (C=O) groups excluding carboxylic acids is 2. The molecule has 3 aromatic carbocycles. The SMILES string of the molecule is COc1ccc(C(=O)N[C@@H]2C(=O)N/[N+](=C\c3ccccc3C)[C@@H]2c2ccc(Cl)cc2)cc1. The molecule has 2 amide bonds. The molecule has 0 aromatic heterocycles. The van der Waals surface area contributed by atoms with Crippen molar-refractivity contribution in [3.05, 3.63) is 100 Å². The van der Waals surface area contributed by atoms with Gasteiger partial charge in [-0.3, -0.25) is 9.59 Å². The number of benzene rings is 3. The third-order valence-electron chi connectivity index (χ3n) is 5.45. The predicted molar refractivity (Wildman–Crippen MR) is 123 cm³/mol. The number of ether oxygens (including phenoxy) is 1. The summed E-state index contributed by atoms with van der Waals surface area (Å²) in [4.78, 5) is 25.9. The van der Waals surface area contributed by atoms with Crippen molar-refractivity contribution in [3.8, 4) is 5.75 Å². The zero-order valence-corrected chi connectivity index (χ0v) is 18.5. The van der Waals surface area contributed by atoms with E-state index < -0.39 is 12.1 Å². The number of aryl methyl sites for hydroxylation is 1. The number of hydrazine groups is 1. The van der Waals surface area contributed by atoms with Gasteiger partial charge < -0.3 is 10.1 Å². The average molecular weight is 449 g/mol. The third-order valence-corrected chi connectivity index (χ3v) is 5.71. The molecule has 32 heavy (non-hydrogen) atoms. The molecule has 6 nitrogen and oxygen atoms in total. The number of hydrogen-bond acceptors (Lipinski definition) is 3. The van der Waals surface area contributed by atoms with Gasteiger partial charge in [0, 0.05) is 21.7 Å². The number of carbonyl (C=O) groups is 2. The van der Waals surface area contributed by atoms with Gasteiger partial charge >= 0.3 is 5.91 Å². The van der Waals surface area contributed by atoms with E-state index in [9.17, 15) is 9.59 Å². The number of nitrogens with zero attached hydrogens (tertiary/aromatic N) is 1. The van der Waals surface area contributed by atoms with E-state index in [4.69, 9.17) is 16.3 Å². The molecule has 2 atom stereocenters. The molecular formula is C25H23ClN3O3+. The van der Waals surface area contributed by atoms with Crippen LogP contribution in [0.5, 0.6) is 5.75 Å². The van der Waals surface area contributed by atoms with Crippen LogP contribution in [0.15, 0.2) is 72.8 Å². The summed E-state index contributed by atoms with van der Waals surface area (Å²) in [7, 11) is 1.56. The molecule has 4 rings (SSSR count). The topological polar surface area (TPSA) is 70.4 Å². The summed E-state index contributed by atoms with van der Waals surface area (Å²) < 4.78 is 6.89. The van der Waals surface area contributed by atoms with Gasteiger partial charge in [0.05, 0.1) is 7.11 Å². The summed E-state index contributed by atoms with van der Waals surface area (Å²) in [6.45, 7) is 2.00. The number of amides is 2. The maximum Gasteiger partial charge on any atom is 0.304 e. The van der Waals surface area contributed by atoms with Gasteiger partial charge in [-0.05, 0) is 55.0 Å². The molecular weight excluding hydrogens is 426 g/mol. The van der Waals surface area contributed by atoms with Gasteiger partial charge in [-0.1, -0.05) is 41.9 Å². The average Bonchev–Trinajstić information content (AvgIpc) is 3.10. The Labute approximate surface area is 191 Å². The molecule has 7 heteroatoms. The number of hydrogen-bond donors (Lipinski definition) is 2. The van der Waals surface area contributed by atoms with Crippen molar-refractivity contribution < 1.29 is 19.0 Å². The number of halogens is 1. The fourth-order valence-corrected chi connectivity index (χ4v) is 3.81. The molecule has 1 fully saturated rings. The molecule has 0 saturated carbocycles. The molecule has 1 heterocycles. The maximum atomic E-state index is 12.9. The maximum absolute atomic E-state index is 12.9. The minimum atomic E-state index is -0.800. The van der Waals surface area contributed by atoms with E-state index in [0.29, 0.717) is 16.3 Å². The van der Waals surface area contributed by atoms with Crippen LogP contribution in [0.25, 0.3) is 0 Å². The van der Waals surface area contributed by atoms with E-state index in [0.717, 1.165) is 16.7 Å². The zero-order chi connectivity index (χ0) is 22.7. The largest absolute Gasteiger partial charge is 0.497 e. The van der Waals surface area contributed by atoms with Crippen LogP contribution in [0.1, 0.15) is 33.1 Å². The standard InChI is InChI=1S/C25H22ClN3O3/c1-16-5-3-4-6-19(16)15-29-23(17-7-11-20(26)12-8-17)22(25(31)28-29)27-24(30)18-9-13-21(32-2)14-10-18/h3-15,22-23H,1-2H3,(H-,27,28,30,31)/p+1/b29-15-/t22-,23+/m0/s1. The highest BCUT2D eigenvalue weighted by Gasteiger charge is 2.47. The first-order chi connectivity index (χ1) is 15.5. The van der Waals surface area contributed by atoms with Gasteiger partial charge in [0.2, 0.25) is 12.3 Å². The third kappa shape index (κ3) is 4.50. The van der Waals surface area contributed by atoms with E-state index in [2.05, 4.69) is 10.7 Å². The molecule has 2 N–H and O–H groups in total. The van der Waals surface area contributed by atoms with E-state index in [1.54, 1.807) is 48.2 Å². The molecule has 0 spiro atoms. The Hall–Kier alpha value is -3.64. The fraction of sp³-hybridized carbons (Fsp3) is 0.160. The Morgan fingerprint density at radius 2 is 1.75 bits per heavy atom. The quantitative estimate of drug-likeness (QED) is 0.585. The smallest absolute Gasteiger partial charge is 0.304 e. The Kier molecular flexibility index (Phi) is 6.23. The van der Waals surface area contributed by atoms with Crippen molar-refractivity contribution in [1.29, 1.82) is 0 Å². The molecule has 0 aliphatic carbocycles. The lowest BCUT2D eigenvalue weighted by Gasteiger charge is -2.15. The second-order valence-corrected chi connectivity index (χ2v) is 7.98. The molecule has 1 aliphatic heterocycles. The summed E-state index contributed by atoms with van der Waals surface area (Å²) >= 11 is 6.08. The highest BCUT2D eigenvalue weighted by atomic mass is 35.5. The summed E-state index contributed by atoms with van der Waals surface area (Å²) in [5.74, 6) is 0.0133.